The number of hydrogen-bond acceptors (Lipinski definition) is 4. The average molecular weight is 286 g/mol. The smallest absolute Gasteiger partial charge is 0.406 e. The lowest BCUT2D eigenvalue weighted by molar-refractivity contribution is -0.274. The number of halogens is 3. The highest BCUT2D eigenvalue weighted by Gasteiger charge is 2.30. The van der Waals surface area contributed by atoms with E-state index in [4.69, 9.17) is 5.73 Å². The molecule has 0 spiro atoms. The second-order valence-corrected chi connectivity index (χ2v) is 4.14. The molecule has 8 heteroatoms. The van der Waals surface area contributed by atoms with Crippen molar-refractivity contribution in [2.24, 2.45) is 5.73 Å². The van der Waals surface area contributed by atoms with Gasteiger partial charge in [0.1, 0.15) is 5.75 Å². The van der Waals surface area contributed by atoms with Gasteiger partial charge in [0.2, 0.25) is 0 Å². The molecule has 5 nitrogen and oxygen atoms in total. The van der Waals surface area contributed by atoms with Gasteiger partial charge in [0.25, 0.3) is 0 Å². The van der Waals surface area contributed by atoms with Crippen molar-refractivity contribution in [1.82, 2.24) is 15.0 Å². The highest BCUT2D eigenvalue weighted by Crippen LogP contribution is 2.22. The van der Waals surface area contributed by atoms with Crippen molar-refractivity contribution in [2.75, 3.05) is 6.54 Å². The van der Waals surface area contributed by atoms with Crippen molar-refractivity contribution in [1.29, 1.82) is 0 Å². The van der Waals surface area contributed by atoms with Crippen LogP contribution in [0.5, 0.6) is 5.75 Å². The first-order valence-corrected chi connectivity index (χ1v) is 5.90. The third kappa shape index (κ3) is 4.23. The van der Waals surface area contributed by atoms with E-state index in [2.05, 4.69) is 15.0 Å². The van der Waals surface area contributed by atoms with Crippen LogP contribution in [0.15, 0.2) is 30.5 Å². The summed E-state index contributed by atoms with van der Waals surface area (Å²) in [5.41, 5.74) is 6.98. The van der Waals surface area contributed by atoms with E-state index in [0.29, 0.717) is 19.5 Å². The summed E-state index contributed by atoms with van der Waals surface area (Å²) in [6, 6.07) is 5.62. The SMILES string of the molecule is NCCc1cn(Cc2ccc(OC(F)(F)F)cc2)nn1. The zero-order valence-corrected chi connectivity index (χ0v) is 10.5. The van der Waals surface area contributed by atoms with Crippen molar-refractivity contribution in [3.8, 4) is 5.75 Å². The highest BCUT2D eigenvalue weighted by molar-refractivity contribution is 5.27. The number of rotatable bonds is 5. The third-order valence-corrected chi connectivity index (χ3v) is 2.49. The molecular weight excluding hydrogens is 273 g/mol. The van der Waals surface area contributed by atoms with E-state index in [1.165, 1.54) is 12.1 Å². The largest absolute Gasteiger partial charge is 0.573 e. The van der Waals surface area contributed by atoms with Gasteiger partial charge in [0, 0.05) is 12.6 Å². The van der Waals surface area contributed by atoms with E-state index < -0.39 is 6.36 Å². The summed E-state index contributed by atoms with van der Waals surface area (Å²) in [5, 5.41) is 7.84. The van der Waals surface area contributed by atoms with Crippen molar-refractivity contribution in [2.45, 2.75) is 19.3 Å². The van der Waals surface area contributed by atoms with E-state index >= 15 is 0 Å². The average Bonchev–Trinajstić information content (AvgIpc) is 2.78. The Balaban J connectivity index is 1.99. The van der Waals surface area contributed by atoms with Gasteiger partial charge >= 0.3 is 6.36 Å². The number of benzene rings is 1. The van der Waals surface area contributed by atoms with Gasteiger partial charge in [-0.25, -0.2) is 4.68 Å². The normalized spacial score (nSPS) is 11.6. The molecule has 0 radical (unpaired) electrons. The predicted molar refractivity (Wildman–Crippen MR) is 65.0 cm³/mol. The minimum absolute atomic E-state index is 0.247. The summed E-state index contributed by atoms with van der Waals surface area (Å²) in [7, 11) is 0. The molecule has 0 saturated heterocycles. The molecule has 2 rings (SSSR count). The van der Waals surface area contributed by atoms with Gasteiger partial charge in [-0.05, 0) is 24.2 Å². The van der Waals surface area contributed by atoms with Gasteiger partial charge in [-0.1, -0.05) is 17.3 Å². The predicted octanol–water partition coefficient (Wildman–Crippen LogP) is 1.73. The second-order valence-electron chi connectivity index (χ2n) is 4.14. The fourth-order valence-corrected chi connectivity index (χ4v) is 1.66. The summed E-state index contributed by atoms with van der Waals surface area (Å²) in [4.78, 5) is 0. The third-order valence-electron chi connectivity index (χ3n) is 2.49. The molecule has 20 heavy (non-hydrogen) atoms. The summed E-state index contributed by atoms with van der Waals surface area (Å²) in [5.74, 6) is -0.247. The number of ether oxygens (including phenoxy) is 1. The maximum absolute atomic E-state index is 12.0. The van der Waals surface area contributed by atoms with Gasteiger partial charge in [-0.2, -0.15) is 0 Å². The quantitative estimate of drug-likeness (QED) is 0.909. The number of hydrogen-bond donors (Lipinski definition) is 1. The van der Waals surface area contributed by atoms with Crippen molar-refractivity contribution in [3.05, 3.63) is 41.7 Å². The molecule has 2 N–H and O–H groups in total. The van der Waals surface area contributed by atoms with Crippen molar-refractivity contribution >= 4 is 0 Å². The van der Waals surface area contributed by atoms with Crippen LogP contribution in [0.25, 0.3) is 0 Å². The zero-order chi connectivity index (χ0) is 14.6. The van der Waals surface area contributed by atoms with Crippen LogP contribution in [-0.2, 0) is 13.0 Å². The number of nitrogens with zero attached hydrogens (tertiary/aromatic N) is 3. The van der Waals surface area contributed by atoms with Gasteiger partial charge in [-0.15, -0.1) is 18.3 Å². The van der Waals surface area contributed by atoms with Gasteiger partial charge < -0.3 is 10.5 Å². The molecule has 0 aliphatic carbocycles. The standard InChI is InChI=1S/C12H13F3N4O/c13-12(14,15)20-11-3-1-9(2-4-11)7-19-8-10(5-6-16)17-18-19/h1-4,8H,5-7,16H2. The summed E-state index contributed by atoms with van der Waals surface area (Å²) < 4.78 is 41.4. The fourth-order valence-electron chi connectivity index (χ4n) is 1.66. The monoisotopic (exact) mass is 286 g/mol. The van der Waals surface area contributed by atoms with Crippen LogP contribution < -0.4 is 10.5 Å². The molecule has 0 saturated carbocycles. The maximum Gasteiger partial charge on any atom is 0.573 e. The van der Waals surface area contributed by atoms with E-state index in [0.717, 1.165) is 11.3 Å². The van der Waals surface area contributed by atoms with Crippen LogP contribution >= 0.6 is 0 Å². The molecule has 0 bridgehead atoms. The maximum atomic E-state index is 12.0. The van der Waals surface area contributed by atoms with Gasteiger partial charge in [-0.3, -0.25) is 0 Å². The van der Waals surface area contributed by atoms with Crippen LogP contribution in [0.2, 0.25) is 0 Å². The number of nitrogens with two attached hydrogens (primary N) is 1. The van der Waals surface area contributed by atoms with E-state index in [-0.39, 0.29) is 5.75 Å². The van der Waals surface area contributed by atoms with Gasteiger partial charge in [0.15, 0.2) is 0 Å². The van der Waals surface area contributed by atoms with E-state index in [9.17, 15) is 13.2 Å². The summed E-state index contributed by atoms with van der Waals surface area (Å²) in [6.07, 6.45) is -2.28. The van der Waals surface area contributed by atoms with Crippen LogP contribution in [0.3, 0.4) is 0 Å². The van der Waals surface area contributed by atoms with Crippen molar-refractivity contribution < 1.29 is 17.9 Å². The minimum atomic E-state index is -4.68. The first kappa shape index (κ1) is 14.3. The molecule has 108 valence electrons. The van der Waals surface area contributed by atoms with Gasteiger partial charge in [0.05, 0.1) is 12.2 Å². The Morgan fingerprint density at radius 1 is 1.20 bits per heavy atom. The number of alkyl halides is 3. The summed E-state index contributed by atoms with van der Waals surface area (Å²) in [6.45, 7) is 0.909. The molecule has 0 aliphatic heterocycles. The van der Waals surface area contributed by atoms with E-state index in [1.807, 2.05) is 0 Å². The van der Waals surface area contributed by atoms with Crippen LogP contribution in [0, 0.1) is 0 Å². The summed E-state index contributed by atoms with van der Waals surface area (Å²) >= 11 is 0. The van der Waals surface area contributed by atoms with Crippen LogP contribution in [0.4, 0.5) is 13.2 Å². The first-order valence-electron chi connectivity index (χ1n) is 5.90. The Bertz CT molecular complexity index is 551. The molecule has 0 amide bonds. The molecule has 0 atom stereocenters. The molecule has 0 fully saturated rings. The molecule has 2 aromatic rings. The Morgan fingerprint density at radius 2 is 1.90 bits per heavy atom. The van der Waals surface area contributed by atoms with Crippen LogP contribution in [-0.4, -0.2) is 27.9 Å². The topological polar surface area (TPSA) is 66.0 Å². The van der Waals surface area contributed by atoms with E-state index in [1.54, 1.807) is 23.0 Å². The lowest BCUT2D eigenvalue weighted by atomic mass is 10.2. The number of aromatic nitrogens is 3. The van der Waals surface area contributed by atoms with Crippen LogP contribution in [0.1, 0.15) is 11.3 Å². The second kappa shape index (κ2) is 5.91. The molecule has 0 aliphatic rings. The molecule has 1 aromatic carbocycles. The lowest BCUT2D eigenvalue weighted by Crippen LogP contribution is -2.17. The Hall–Kier alpha value is -2.09. The lowest BCUT2D eigenvalue weighted by Gasteiger charge is -2.09. The Kier molecular flexibility index (Phi) is 4.23. The zero-order valence-electron chi connectivity index (χ0n) is 10.5. The minimum Gasteiger partial charge on any atom is -0.406 e. The molecule has 1 aromatic heterocycles. The molecule has 1 heterocycles. The first-order chi connectivity index (χ1) is 9.46. The molecule has 0 unspecified atom stereocenters. The highest BCUT2D eigenvalue weighted by atomic mass is 19.4. The Morgan fingerprint density at radius 3 is 2.50 bits per heavy atom. The fraction of sp³-hybridized carbons (Fsp3) is 0.333. The van der Waals surface area contributed by atoms with Crippen molar-refractivity contribution in [3.63, 3.8) is 0 Å². The molecular formula is C12H13F3N4O. The Labute approximate surface area is 113 Å².